The van der Waals surface area contributed by atoms with Crippen molar-refractivity contribution in [3.05, 3.63) is 42.5 Å². The van der Waals surface area contributed by atoms with Gasteiger partial charge in [0.1, 0.15) is 5.75 Å². The second kappa shape index (κ2) is 7.66. The minimum absolute atomic E-state index is 0. The Bertz CT molecular complexity index is 677. The van der Waals surface area contributed by atoms with Crippen LogP contribution in [0.1, 0.15) is 13.3 Å². The normalized spacial score (nSPS) is 20.3. The molecule has 3 rings (SSSR count). The third-order valence-electron chi connectivity index (χ3n) is 4.40. The average Bonchev–Trinajstić information content (AvgIpc) is 2.93. The summed E-state index contributed by atoms with van der Waals surface area (Å²) in [6.45, 7) is 3.54. The summed E-state index contributed by atoms with van der Waals surface area (Å²) >= 11 is 0. The minimum atomic E-state index is 0. The van der Waals surface area contributed by atoms with E-state index in [0.29, 0.717) is 12.5 Å². The van der Waals surface area contributed by atoms with Gasteiger partial charge in [0.15, 0.2) is 6.61 Å². The Labute approximate surface area is 143 Å². The molecule has 5 heteroatoms. The highest BCUT2D eigenvalue weighted by Crippen LogP contribution is 2.23. The lowest BCUT2D eigenvalue weighted by Gasteiger charge is -2.21. The van der Waals surface area contributed by atoms with Crippen LogP contribution in [0.5, 0.6) is 5.75 Å². The van der Waals surface area contributed by atoms with Gasteiger partial charge in [-0.1, -0.05) is 30.3 Å². The SMILES string of the molecule is CC1CC(CN)CN1C(=O)COc1ccc2ccccc2c1.Cl. The van der Waals surface area contributed by atoms with Gasteiger partial charge in [-0.2, -0.15) is 0 Å². The molecule has 1 amide bonds. The second-order valence-corrected chi connectivity index (χ2v) is 6.03. The molecule has 0 bridgehead atoms. The smallest absolute Gasteiger partial charge is 0.260 e. The lowest BCUT2D eigenvalue weighted by atomic mass is 10.1. The minimum Gasteiger partial charge on any atom is -0.484 e. The standard InChI is InChI=1S/C18H22N2O2.ClH/c1-13-8-14(10-19)11-20(13)18(21)12-22-17-7-6-15-4-2-3-5-16(15)9-17;/h2-7,9,13-14H,8,10-12,19H2,1H3;1H. The van der Waals surface area contributed by atoms with Crippen molar-refractivity contribution in [2.24, 2.45) is 11.7 Å². The lowest BCUT2D eigenvalue weighted by molar-refractivity contribution is -0.134. The fraction of sp³-hybridized carbons (Fsp3) is 0.389. The van der Waals surface area contributed by atoms with Gasteiger partial charge in [0.25, 0.3) is 5.91 Å². The highest BCUT2D eigenvalue weighted by Gasteiger charge is 2.31. The maximum Gasteiger partial charge on any atom is 0.260 e. The van der Waals surface area contributed by atoms with E-state index in [1.165, 1.54) is 5.39 Å². The van der Waals surface area contributed by atoms with E-state index in [4.69, 9.17) is 10.5 Å². The summed E-state index contributed by atoms with van der Waals surface area (Å²) in [5.74, 6) is 1.19. The number of carbonyl (C=O) groups is 1. The molecule has 1 aliphatic rings. The molecule has 2 N–H and O–H groups in total. The van der Waals surface area contributed by atoms with Crippen LogP contribution in [0.2, 0.25) is 0 Å². The van der Waals surface area contributed by atoms with Crippen molar-refractivity contribution >= 4 is 29.1 Å². The van der Waals surface area contributed by atoms with Gasteiger partial charge in [-0.25, -0.2) is 0 Å². The molecule has 2 aromatic carbocycles. The van der Waals surface area contributed by atoms with E-state index < -0.39 is 0 Å². The molecule has 23 heavy (non-hydrogen) atoms. The zero-order chi connectivity index (χ0) is 15.5. The number of fused-ring (bicyclic) bond motifs is 1. The molecule has 1 aliphatic heterocycles. The van der Waals surface area contributed by atoms with Gasteiger partial charge < -0.3 is 15.4 Å². The van der Waals surface area contributed by atoms with Gasteiger partial charge in [-0.05, 0) is 48.7 Å². The van der Waals surface area contributed by atoms with E-state index >= 15 is 0 Å². The van der Waals surface area contributed by atoms with Crippen molar-refractivity contribution in [1.29, 1.82) is 0 Å². The lowest BCUT2D eigenvalue weighted by Crippen LogP contribution is -2.37. The van der Waals surface area contributed by atoms with Crippen molar-refractivity contribution in [3.8, 4) is 5.75 Å². The molecule has 124 valence electrons. The van der Waals surface area contributed by atoms with Crippen LogP contribution >= 0.6 is 12.4 Å². The Kier molecular flexibility index (Phi) is 5.85. The summed E-state index contributed by atoms with van der Waals surface area (Å²) < 4.78 is 5.68. The van der Waals surface area contributed by atoms with Crippen LogP contribution in [0.4, 0.5) is 0 Å². The van der Waals surface area contributed by atoms with Gasteiger partial charge in [0.2, 0.25) is 0 Å². The first-order valence-electron chi connectivity index (χ1n) is 7.78. The van der Waals surface area contributed by atoms with Crippen LogP contribution in [0.15, 0.2) is 42.5 Å². The molecule has 0 radical (unpaired) electrons. The molecule has 2 unspecified atom stereocenters. The Morgan fingerprint density at radius 1 is 1.26 bits per heavy atom. The van der Waals surface area contributed by atoms with E-state index in [2.05, 4.69) is 13.0 Å². The predicted octanol–water partition coefficient (Wildman–Crippen LogP) is 2.84. The highest BCUT2D eigenvalue weighted by atomic mass is 35.5. The van der Waals surface area contributed by atoms with Crippen molar-refractivity contribution in [2.45, 2.75) is 19.4 Å². The fourth-order valence-electron chi connectivity index (χ4n) is 3.15. The molecule has 0 saturated carbocycles. The number of hydrogen-bond acceptors (Lipinski definition) is 3. The third kappa shape index (κ3) is 3.95. The molecule has 0 aliphatic carbocycles. The molecular weight excluding hydrogens is 312 g/mol. The van der Waals surface area contributed by atoms with Crippen LogP contribution in [-0.2, 0) is 4.79 Å². The Morgan fingerprint density at radius 2 is 2.00 bits per heavy atom. The molecule has 1 saturated heterocycles. The molecule has 0 spiro atoms. The number of rotatable bonds is 4. The summed E-state index contributed by atoms with van der Waals surface area (Å²) in [5, 5.41) is 2.28. The molecule has 0 aromatic heterocycles. The number of ether oxygens (including phenoxy) is 1. The number of likely N-dealkylation sites (tertiary alicyclic amines) is 1. The first-order valence-corrected chi connectivity index (χ1v) is 7.78. The summed E-state index contributed by atoms with van der Waals surface area (Å²) in [6, 6.07) is 14.2. The van der Waals surface area contributed by atoms with Gasteiger partial charge in [-0.3, -0.25) is 4.79 Å². The van der Waals surface area contributed by atoms with Crippen molar-refractivity contribution in [1.82, 2.24) is 4.90 Å². The summed E-state index contributed by atoms with van der Waals surface area (Å²) in [4.78, 5) is 14.2. The number of benzene rings is 2. The van der Waals surface area contributed by atoms with Crippen LogP contribution in [-0.4, -0.2) is 36.5 Å². The monoisotopic (exact) mass is 334 g/mol. The first kappa shape index (κ1) is 17.6. The Hall–Kier alpha value is -1.78. The van der Waals surface area contributed by atoms with Crippen LogP contribution in [0.3, 0.4) is 0 Å². The van der Waals surface area contributed by atoms with E-state index in [1.54, 1.807) is 0 Å². The highest BCUT2D eigenvalue weighted by molar-refractivity contribution is 5.85. The molecule has 2 atom stereocenters. The van der Waals surface area contributed by atoms with Crippen molar-refractivity contribution in [2.75, 3.05) is 19.7 Å². The summed E-state index contributed by atoms with van der Waals surface area (Å²) in [6.07, 6.45) is 0.984. The van der Waals surface area contributed by atoms with Crippen LogP contribution < -0.4 is 10.5 Å². The number of nitrogens with two attached hydrogens (primary N) is 1. The Balaban J connectivity index is 0.00000192. The molecule has 1 fully saturated rings. The zero-order valence-electron chi connectivity index (χ0n) is 13.3. The number of nitrogens with zero attached hydrogens (tertiary/aromatic N) is 1. The fourth-order valence-corrected chi connectivity index (χ4v) is 3.15. The third-order valence-corrected chi connectivity index (χ3v) is 4.40. The molecular formula is C18H23ClN2O2. The Morgan fingerprint density at radius 3 is 2.70 bits per heavy atom. The second-order valence-electron chi connectivity index (χ2n) is 6.03. The summed E-state index contributed by atoms with van der Waals surface area (Å²) in [5.41, 5.74) is 5.71. The number of amides is 1. The van der Waals surface area contributed by atoms with Gasteiger partial charge in [0.05, 0.1) is 0 Å². The van der Waals surface area contributed by atoms with E-state index in [0.717, 1.165) is 24.1 Å². The van der Waals surface area contributed by atoms with Gasteiger partial charge in [-0.15, -0.1) is 12.4 Å². The molecule has 2 aromatic rings. The maximum absolute atomic E-state index is 12.3. The number of hydrogen-bond donors (Lipinski definition) is 1. The largest absolute Gasteiger partial charge is 0.484 e. The van der Waals surface area contributed by atoms with E-state index in [9.17, 15) is 4.79 Å². The first-order chi connectivity index (χ1) is 10.7. The average molecular weight is 335 g/mol. The molecule has 4 nitrogen and oxygen atoms in total. The van der Waals surface area contributed by atoms with Crippen LogP contribution in [0, 0.1) is 5.92 Å². The predicted molar refractivity (Wildman–Crippen MR) is 95.0 cm³/mol. The van der Waals surface area contributed by atoms with Crippen LogP contribution in [0.25, 0.3) is 10.8 Å². The van der Waals surface area contributed by atoms with Crippen molar-refractivity contribution < 1.29 is 9.53 Å². The number of halogens is 1. The van der Waals surface area contributed by atoms with Gasteiger partial charge >= 0.3 is 0 Å². The maximum atomic E-state index is 12.3. The topological polar surface area (TPSA) is 55.6 Å². The van der Waals surface area contributed by atoms with Gasteiger partial charge in [0, 0.05) is 12.6 Å². The molecule has 1 heterocycles. The van der Waals surface area contributed by atoms with E-state index in [1.807, 2.05) is 41.3 Å². The van der Waals surface area contributed by atoms with E-state index in [-0.39, 0.29) is 31.0 Å². The summed E-state index contributed by atoms with van der Waals surface area (Å²) in [7, 11) is 0. The quantitative estimate of drug-likeness (QED) is 0.935. The zero-order valence-corrected chi connectivity index (χ0v) is 14.1. The van der Waals surface area contributed by atoms with Crippen molar-refractivity contribution in [3.63, 3.8) is 0 Å². The number of carbonyl (C=O) groups excluding carboxylic acids is 1.